The molecule has 0 unspecified atom stereocenters. The number of hydrogen-bond donors (Lipinski definition) is 1. The van der Waals surface area contributed by atoms with E-state index in [2.05, 4.69) is 62.2 Å². The van der Waals surface area contributed by atoms with Crippen molar-refractivity contribution in [3.05, 3.63) is 70.3 Å². The Morgan fingerprint density at radius 2 is 1.83 bits per heavy atom. The molecule has 2 fully saturated rings. The lowest BCUT2D eigenvalue weighted by Crippen LogP contribution is -2.56. The SMILES string of the molecule is CCO/N=C(\c1ccc(Br)cc1)C1CCN(C2(C)CCN(C(=O)c3ccnc4cc(OCCO)ccc34)CC2)CC1. The quantitative estimate of drug-likeness (QED) is 0.250. The third-order valence-electron chi connectivity index (χ3n) is 8.51. The van der Waals surface area contributed by atoms with Gasteiger partial charge in [-0.25, -0.2) is 0 Å². The number of benzene rings is 2. The Balaban J connectivity index is 1.21. The van der Waals surface area contributed by atoms with Gasteiger partial charge in [-0.15, -0.1) is 0 Å². The van der Waals surface area contributed by atoms with Crippen LogP contribution in [0.4, 0.5) is 0 Å². The number of aromatic nitrogens is 1. The lowest BCUT2D eigenvalue weighted by Gasteiger charge is -2.49. The van der Waals surface area contributed by atoms with Gasteiger partial charge < -0.3 is 19.6 Å². The zero-order valence-electron chi connectivity index (χ0n) is 23.9. The summed E-state index contributed by atoms with van der Waals surface area (Å²) in [6.07, 6.45) is 5.64. The van der Waals surface area contributed by atoms with E-state index >= 15 is 0 Å². The summed E-state index contributed by atoms with van der Waals surface area (Å²) in [6.45, 7) is 8.52. The minimum Gasteiger partial charge on any atom is -0.491 e. The third kappa shape index (κ3) is 6.74. The van der Waals surface area contributed by atoms with E-state index in [0.29, 0.717) is 29.4 Å². The number of oxime groups is 1. The van der Waals surface area contributed by atoms with Crippen LogP contribution < -0.4 is 4.74 Å². The standard InChI is InChI=1S/C32H39BrN4O4/c1-3-41-35-30(23-4-6-25(33)7-5-23)24-11-16-37(17-12-24)32(2)13-18-36(19-14-32)31(39)28-10-15-34-29-22-26(40-21-20-38)8-9-27(28)29/h4-10,15,22,24,38H,3,11-14,16-21H2,1-2H3/b35-30+. The fourth-order valence-electron chi connectivity index (χ4n) is 6.06. The minimum atomic E-state index is -0.0505. The number of pyridine rings is 1. The molecule has 2 saturated heterocycles. The van der Waals surface area contributed by atoms with Crippen molar-refractivity contribution in [3.8, 4) is 5.75 Å². The van der Waals surface area contributed by atoms with Crippen molar-refractivity contribution in [3.63, 3.8) is 0 Å². The molecule has 5 rings (SSSR count). The van der Waals surface area contributed by atoms with E-state index in [0.717, 1.165) is 73.0 Å². The van der Waals surface area contributed by atoms with Gasteiger partial charge in [0.05, 0.1) is 23.4 Å². The summed E-state index contributed by atoms with van der Waals surface area (Å²) in [4.78, 5) is 28.2. The number of carbonyl (C=O) groups excluding carboxylic acids is 1. The van der Waals surface area contributed by atoms with Crippen molar-refractivity contribution in [2.75, 3.05) is 46.0 Å². The van der Waals surface area contributed by atoms with Gasteiger partial charge in [-0.1, -0.05) is 33.2 Å². The summed E-state index contributed by atoms with van der Waals surface area (Å²) in [7, 11) is 0. The number of nitrogens with zero attached hydrogens (tertiary/aromatic N) is 4. The summed E-state index contributed by atoms with van der Waals surface area (Å²) >= 11 is 3.53. The first-order valence-corrected chi connectivity index (χ1v) is 15.3. The minimum absolute atomic E-state index is 0.0495. The topological polar surface area (TPSA) is 87.5 Å². The van der Waals surface area contributed by atoms with Crippen LogP contribution >= 0.6 is 15.9 Å². The van der Waals surface area contributed by atoms with E-state index in [1.54, 1.807) is 6.20 Å². The molecule has 0 aliphatic carbocycles. The molecule has 2 aromatic carbocycles. The molecule has 41 heavy (non-hydrogen) atoms. The van der Waals surface area contributed by atoms with E-state index < -0.39 is 0 Å². The fraction of sp³-hybridized carbons (Fsp3) is 0.469. The maximum absolute atomic E-state index is 13.6. The Labute approximate surface area is 250 Å². The second-order valence-corrected chi connectivity index (χ2v) is 12.0. The average molecular weight is 624 g/mol. The first kappa shape index (κ1) is 29.5. The van der Waals surface area contributed by atoms with E-state index in [1.165, 1.54) is 0 Å². The Morgan fingerprint density at radius 3 is 2.51 bits per heavy atom. The molecule has 0 bridgehead atoms. The zero-order valence-corrected chi connectivity index (χ0v) is 25.5. The van der Waals surface area contributed by atoms with Crippen molar-refractivity contribution in [1.82, 2.24) is 14.8 Å². The predicted octanol–water partition coefficient (Wildman–Crippen LogP) is 5.52. The molecule has 1 aromatic heterocycles. The van der Waals surface area contributed by atoms with Crippen LogP contribution in [0, 0.1) is 5.92 Å². The van der Waals surface area contributed by atoms with Gasteiger partial charge in [-0.3, -0.25) is 14.7 Å². The average Bonchev–Trinajstić information content (AvgIpc) is 3.01. The molecule has 0 saturated carbocycles. The number of halogens is 1. The number of ether oxygens (including phenoxy) is 1. The summed E-state index contributed by atoms with van der Waals surface area (Å²) in [5, 5.41) is 14.4. The molecular weight excluding hydrogens is 584 g/mol. The molecule has 9 heteroatoms. The van der Waals surface area contributed by atoms with Crippen LogP contribution in [0.5, 0.6) is 5.75 Å². The number of fused-ring (bicyclic) bond motifs is 1. The van der Waals surface area contributed by atoms with Crippen LogP contribution in [0.25, 0.3) is 10.9 Å². The highest BCUT2D eigenvalue weighted by atomic mass is 79.9. The summed E-state index contributed by atoms with van der Waals surface area (Å²) in [5.41, 5.74) is 3.61. The van der Waals surface area contributed by atoms with Crippen molar-refractivity contribution >= 4 is 38.5 Å². The number of aliphatic hydroxyl groups is 1. The van der Waals surface area contributed by atoms with E-state index in [9.17, 15) is 4.79 Å². The van der Waals surface area contributed by atoms with Crippen molar-refractivity contribution < 1.29 is 19.5 Å². The van der Waals surface area contributed by atoms with Crippen LogP contribution in [0.2, 0.25) is 0 Å². The van der Waals surface area contributed by atoms with Crippen LogP contribution in [-0.4, -0.2) is 83.0 Å². The number of aliphatic hydroxyl groups excluding tert-OH is 1. The number of hydrogen-bond acceptors (Lipinski definition) is 7. The largest absolute Gasteiger partial charge is 0.491 e. The normalized spacial score (nSPS) is 18.4. The summed E-state index contributed by atoms with van der Waals surface area (Å²) in [6, 6.07) is 15.7. The van der Waals surface area contributed by atoms with E-state index in [-0.39, 0.29) is 24.7 Å². The molecule has 1 N–H and O–H groups in total. The molecule has 218 valence electrons. The Morgan fingerprint density at radius 1 is 1.10 bits per heavy atom. The Kier molecular flexibility index (Phi) is 9.57. The summed E-state index contributed by atoms with van der Waals surface area (Å²) in [5.74, 6) is 1.04. The maximum Gasteiger partial charge on any atom is 0.254 e. The van der Waals surface area contributed by atoms with Gasteiger partial charge in [0.25, 0.3) is 5.91 Å². The van der Waals surface area contributed by atoms with Gasteiger partial charge in [0.15, 0.2) is 0 Å². The molecule has 3 heterocycles. The van der Waals surface area contributed by atoms with Crippen LogP contribution in [0.3, 0.4) is 0 Å². The molecule has 2 aliphatic rings. The van der Waals surface area contributed by atoms with E-state index in [1.807, 2.05) is 36.1 Å². The first-order valence-electron chi connectivity index (χ1n) is 14.5. The molecule has 3 aromatic rings. The highest BCUT2D eigenvalue weighted by Crippen LogP contribution is 2.34. The number of likely N-dealkylation sites (tertiary alicyclic amines) is 2. The lowest BCUT2D eigenvalue weighted by atomic mass is 9.82. The maximum atomic E-state index is 13.6. The molecular formula is C32H39BrN4O4. The van der Waals surface area contributed by atoms with E-state index in [4.69, 9.17) is 14.7 Å². The fourth-order valence-corrected chi connectivity index (χ4v) is 6.32. The smallest absolute Gasteiger partial charge is 0.254 e. The lowest BCUT2D eigenvalue weighted by molar-refractivity contribution is 0.0162. The van der Waals surface area contributed by atoms with Gasteiger partial charge in [0, 0.05) is 46.7 Å². The number of amides is 1. The van der Waals surface area contributed by atoms with Gasteiger partial charge in [-0.05, 0) is 88.5 Å². The Bertz CT molecular complexity index is 1360. The second kappa shape index (κ2) is 13.3. The number of carbonyl (C=O) groups is 1. The first-order chi connectivity index (χ1) is 19.9. The van der Waals surface area contributed by atoms with Crippen molar-refractivity contribution in [2.45, 2.75) is 45.1 Å². The van der Waals surface area contributed by atoms with Gasteiger partial charge in [0.1, 0.15) is 19.0 Å². The number of piperidine rings is 2. The number of rotatable bonds is 9. The van der Waals surface area contributed by atoms with Gasteiger partial charge in [-0.2, -0.15) is 0 Å². The second-order valence-electron chi connectivity index (χ2n) is 11.1. The molecule has 0 radical (unpaired) electrons. The highest BCUT2D eigenvalue weighted by molar-refractivity contribution is 9.10. The monoisotopic (exact) mass is 622 g/mol. The summed E-state index contributed by atoms with van der Waals surface area (Å²) < 4.78 is 6.57. The third-order valence-corrected chi connectivity index (χ3v) is 9.04. The van der Waals surface area contributed by atoms with Crippen molar-refractivity contribution in [1.29, 1.82) is 0 Å². The van der Waals surface area contributed by atoms with Gasteiger partial charge >= 0.3 is 0 Å². The van der Waals surface area contributed by atoms with Crippen LogP contribution in [-0.2, 0) is 4.84 Å². The molecule has 2 aliphatic heterocycles. The Hall–Kier alpha value is -3.01. The molecule has 0 spiro atoms. The van der Waals surface area contributed by atoms with Crippen LogP contribution in [0.1, 0.15) is 55.5 Å². The molecule has 0 atom stereocenters. The molecule has 8 nitrogen and oxygen atoms in total. The van der Waals surface area contributed by atoms with Gasteiger partial charge in [0.2, 0.25) is 0 Å². The van der Waals surface area contributed by atoms with Crippen LogP contribution in [0.15, 0.2) is 64.4 Å². The highest BCUT2D eigenvalue weighted by Gasteiger charge is 2.39. The zero-order chi connectivity index (χ0) is 28.8. The van der Waals surface area contributed by atoms with Crippen molar-refractivity contribution in [2.24, 2.45) is 11.1 Å². The molecule has 1 amide bonds. The predicted molar refractivity (Wildman–Crippen MR) is 164 cm³/mol.